The number of aryl methyl sites for hydroxylation is 1. The van der Waals surface area contributed by atoms with E-state index >= 15 is 0 Å². The summed E-state index contributed by atoms with van der Waals surface area (Å²) in [6, 6.07) is 14.3. The number of carbonyl (C=O) groups excluding carboxylic acids is 3. The van der Waals surface area contributed by atoms with E-state index in [1.807, 2.05) is 24.0 Å². The number of para-hydroxylation sites is 1. The molecule has 3 amide bonds. The van der Waals surface area contributed by atoms with Crippen molar-refractivity contribution >= 4 is 34.4 Å². The number of nitrogens with two attached hydrogens (primary N) is 1. The summed E-state index contributed by atoms with van der Waals surface area (Å²) in [5.41, 5.74) is 8.01. The number of hydrogen-bond donors (Lipinski definition) is 3. The molecule has 0 atom stereocenters. The maximum absolute atomic E-state index is 13.3. The van der Waals surface area contributed by atoms with Crippen LogP contribution in [0.3, 0.4) is 0 Å². The lowest BCUT2D eigenvalue weighted by Crippen LogP contribution is -2.47. The molecule has 1 fully saturated rings. The Bertz CT molecular complexity index is 1780. The monoisotopic (exact) mass is 650 g/mol. The minimum atomic E-state index is -4.70. The molecule has 0 spiro atoms. The number of likely N-dealkylation sites (N-methyl/N-ethyl adjacent to an activating group) is 1. The zero-order valence-corrected chi connectivity index (χ0v) is 26.2. The highest BCUT2D eigenvalue weighted by atomic mass is 19.4. The Labute approximate surface area is 270 Å². The number of aromatic amines is 1. The van der Waals surface area contributed by atoms with Gasteiger partial charge in [0, 0.05) is 55.0 Å². The summed E-state index contributed by atoms with van der Waals surface area (Å²) in [6.45, 7) is 5.59. The van der Waals surface area contributed by atoms with E-state index < -0.39 is 23.8 Å². The molecule has 1 saturated heterocycles. The Balaban J connectivity index is 1.29. The summed E-state index contributed by atoms with van der Waals surface area (Å²) in [7, 11) is 2.05. The Kier molecular flexibility index (Phi) is 10.1. The number of halogens is 3. The standard InChI is InChI=1S/C34H37F3N6O4/c1-21-10-12-23(28(19-21)47-18-5-3-4-9-29(44)43-16-14-42(2)15-17-43)26-20-22(11-13-24(26)31(38)45)39-32(46)25-7-6-8-27-30(25)41-33(40-27)34(35,36)37/h6-8,10-13,19-20H,3-5,9,14-18H2,1-2H3,(H2,38,45)(H,39,46)(H,40,41). The smallest absolute Gasteiger partial charge is 0.449 e. The van der Waals surface area contributed by atoms with Crippen molar-refractivity contribution in [3.8, 4) is 16.9 Å². The van der Waals surface area contributed by atoms with Gasteiger partial charge >= 0.3 is 6.18 Å². The molecule has 0 bridgehead atoms. The lowest BCUT2D eigenvalue weighted by molar-refractivity contribution is -0.144. The largest absolute Gasteiger partial charge is 0.493 e. The molecule has 1 aromatic heterocycles. The fourth-order valence-electron chi connectivity index (χ4n) is 5.53. The number of benzene rings is 3. The number of primary amides is 1. The number of amides is 3. The molecule has 3 aromatic carbocycles. The Morgan fingerprint density at radius 3 is 2.45 bits per heavy atom. The van der Waals surface area contributed by atoms with E-state index in [4.69, 9.17) is 10.5 Å². The van der Waals surface area contributed by atoms with Crippen LogP contribution in [0.1, 0.15) is 57.8 Å². The number of carbonyl (C=O) groups is 3. The molecule has 1 aliphatic rings. The van der Waals surface area contributed by atoms with Gasteiger partial charge in [-0.05, 0) is 75.2 Å². The second kappa shape index (κ2) is 14.2. The Morgan fingerprint density at radius 2 is 1.72 bits per heavy atom. The van der Waals surface area contributed by atoms with Gasteiger partial charge in [-0.25, -0.2) is 4.98 Å². The van der Waals surface area contributed by atoms with E-state index in [9.17, 15) is 27.6 Å². The molecule has 0 aliphatic carbocycles. The molecule has 2 heterocycles. The summed E-state index contributed by atoms with van der Waals surface area (Å²) in [6.07, 6.45) is -1.92. The lowest BCUT2D eigenvalue weighted by atomic mass is 9.96. The van der Waals surface area contributed by atoms with Crippen LogP contribution in [0.25, 0.3) is 22.2 Å². The molecular formula is C34H37F3N6O4. The predicted octanol–water partition coefficient (Wildman–Crippen LogP) is 5.62. The van der Waals surface area contributed by atoms with Crippen LogP contribution in [0.5, 0.6) is 5.75 Å². The van der Waals surface area contributed by atoms with Gasteiger partial charge in [-0.2, -0.15) is 13.2 Å². The van der Waals surface area contributed by atoms with Crippen molar-refractivity contribution in [3.05, 3.63) is 77.1 Å². The fraction of sp³-hybridized carbons (Fsp3) is 0.353. The van der Waals surface area contributed by atoms with Crippen molar-refractivity contribution in [3.63, 3.8) is 0 Å². The second-order valence-corrected chi connectivity index (χ2v) is 11.7. The van der Waals surface area contributed by atoms with Crippen LogP contribution >= 0.6 is 0 Å². The average Bonchev–Trinajstić information content (AvgIpc) is 3.48. The maximum Gasteiger partial charge on any atom is 0.449 e. The van der Waals surface area contributed by atoms with E-state index in [2.05, 4.69) is 27.2 Å². The van der Waals surface area contributed by atoms with E-state index in [1.165, 1.54) is 30.3 Å². The van der Waals surface area contributed by atoms with Crippen LogP contribution in [0.15, 0.2) is 54.6 Å². The van der Waals surface area contributed by atoms with Crippen LogP contribution in [-0.2, 0) is 11.0 Å². The highest BCUT2D eigenvalue weighted by Crippen LogP contribution is 2.36. The third-order valence-electron chi connectivity index (χ3n) is 8.14. The number of nitrogens with one attached hydrogen (secondary N) is 2. The molecule has 13 heteroatoms. The van der Waals surface area contributed by atoms with Crippen LogP contribution in [0, 0.1) is 6.92 Å². The van der Waals surface area contributed by atoms with Gasteiger partial charge < -0.3 is 30.6 Å². The van der Waals surface area contributed by atoms with Crippen molar-refractivity contribution in [2.24, 2.45) is 5.73 Å². The minimum absolute atomic E-state index is 0.0561. The summed E-state index contributed by atoms with van der Waals surface area (Å²) in [5, 5.41) is 2.71. The number of H-pyrrole nitrogens is 1. The summed E-state index contributed by atoms with van der Waals surface area (Å²) < 4.78 is 45.9. The first-order valence-corrected chi connectivity index (χ1v) is 15.4. The first kappa shape index (κ1) is 33.5. The number of ether oxygens (including phenoxy) is 1. The first-order valence-electron chi connectivity index (χ1n) is 15.4. The summed E-state index contributed by atoms with van der Waals surface area (Å²) in [4.78, 5) is 48.1. The van der Waals surface area contributed by atoms with Crippen LogP contribution < -0.4 is 15.8 Å². The Hall–Kier alpha value is -4.91. The Morgan fingerprint density at radius 1 is 0.957 bits per heavy atom. The molecule has 0 saturated carbocycles. The molecule has 248 valence electrons. The fourth-order valence-corrected chi connectivity index (χ4v) is 5.53. The lowest BCUT2D eigenvalue weighted by Gasteiger charge is -2.32. The van der Waals surface area contributed by atoms with Crippen molar-refractivity contribution < 1.29 is 32.3 Å². The third-order valence-corrected chi connectivity index (χ3v) is 8.14. The van der Waals surface area contributed by atoms with E-state index in [0.29, 0.717) is 29.9 Å². The van der Waals surface area contributed by atoms with Gasteiger partial charge in [-0.3, -0.25) is 14.4 Å². The van der Waals surface area contributed by atoms with Gasteiger partial charge in [-0.15, -0.1) is 0 Å². The molecule has 0 radical (unpaired) electrons. The number of imidazole rings is 1. The van der Waals surface area contributed by atoms with Crippen molar-refractivity contribution in [1.82, 2.24) is 19.8 Å². The number of aromatic nitrogens is 2. The molecule has 1 aliphatic heterocycles. The van der Waals surface area contributed by atoms with E-state index in [-0.39, 0.29) is 33.8 Å². The zero-order chi connectivity index (χ0) is 33.7. The number of anilines is 1. The summed E-state index contributed by atoms with van der Waals surface area (Å²) in [5.74, 6) is -1.87. The molecule has 0 unspecified atom stereocenters. The molecule has 10 nitrogen and oxygen atoms in total. The van der Waals surface area contributed by atoms with Gasteiger partial charge in [0.1, 0.15) is 11.3 Å². The quantitative estimate of drug-likeness (QED) is 0.181. The second-order valence-electron chi connectivity index (χ2n) is 11.7. The number of nitrogens with zero attached hydrogens (tertiary/aromatic N) is 3. The normalized spacial score (nSPS) is 13.9. The zero-order valence-electron chi connectivity index (χ0n) is 26.2. The number of hydrogen-bond acceptors (Lipinski definition) is 6. The number of fused-ring (bicyclic) bond motifs is 1. The molecular weight excluding hydrogens is 613 g/mol. The molecule has 47 heavy (non-hydrogen) atoms. The number of unbranched alkanes of at least 4 members (excludes halogenated alkanes) is 2. The van der Waals surface area contributed by atoms with Crippen LogP contribution in [-0.4, -0.2) is 77.3 Å². The topological polar surface area (TPSA) is 134 Å². The molecule has 5 rings (SSSR count). The van der Waals surface area contributed by atoms with Gasteiger partial charge in [0.2, 0.25) is 17.6 Å². The minimum Gasteiger partial charge on any atom is -0.493 e. The van der Waals surface area contributed by atoms with Gasteiger partial charge in [0.05, 0.1) is 17.7 Å². The SMILES string of the molecule is Cc1ccc(-c2cc(NC(=O)c3cccc4[nH]c(C(F)(F)F)nc34)ccc2C(N)=O)c(OCCCCCC(=O)N2CCN(C)CC2)c1. The van der Waals surface area contributed by atoms with E-state index in [0.717, 1.165) is 51.0 Å². The highest BCUT2D eigenvalue weighted by Gasteiger charge is 2.35. The van der Waals surface area contributed by atoms with Crippen LogP contribution in [0.2, 0.25) is 0 Å². The first-order chi connectivity index (χ1) is 22.4. The van der Waals surface area contributed by atoms with Gasteiger partial charge in [0.15, 0.2) is 0 Å². The van der Waals surface area contributed by atoms with Crippen LogP contribution in [0.4, 0.5) is 18.9 Å². The number of alkyl halides is 3. The number of rotatable bonds is 11. The molecule has 4 N–H and O–H groups in total. The molecule has 4 aromatic rings. The van der Waals surface area contributed by atoms with Gasteiger partial charge in [-0.1, -0.05) is 18.2 Å². The van der Waals surface area contributed by atoms with Crippen molar-refractivity contribution in [2.75, 3.05) is 45.2 Å². The third kappa shape index (κ3) is 8.09. The number of piperazine rings is 1. The summed E-state index contributed by atoms with van der Waals surface area (Å²) >= 11 is 0. The maximum atomic E-state index is 13.3. The van der Waals surface area contributed by atoms with E-state index in [1.54, 1.807) is 12.1 Å². The van der Waals surface area contributed by atoms with Crippen molar-refractivity contribution in [1.29, 1.82) is 0 Å². The average molecular weight is 651 g/mol. The van der Waals surface area contributed by atoms with Crippen molar-refractivity contribution in [2.45, 2.75) is 38.8 Å². The highest BCUT2D eigenvalue weighted by molar-refractivity contribution is 6.12. The van der Waals surface area contributed by atoms with Gasteiger partial charge in [0.25, 0.3) is 5.91 Å². The predicted molar refractivity (Wildman–Crippen MR) is 172 cm³/mol.